The third-order valence-electron chi connectivity index (χ3n) is 3.61. The van der Waals surface area contributed by atoms with Crippen LogP contribution in [0.5, 0.6) is 5.75 Å². The molecule has 1 aromatic heterocycles. The van der Waals surface area contributed by atoms with E-state index >= 15 is 0 Å². The highest BCUT2D eigenvalue weighted by atomic mass is 32.2. The van der Waals surface area contributed by atoms with Crippen LogP contribution in [0.4, 0.5) is 0 Å². The van der Waals surface area contributed by atoms with Gasteiger partial charge in [0, 0.05) is 17.7 Å². The van der Waals surface area contributed by atoms with E-state index in [0.717, 1.165) is 19.1 Å². The van der Waals surface area contributed by atoms with Gasteiger partial charge in [0.05, 0.1) is 18.9 Å². The van der Waals surface area contributed by atoms with Crippen LogP contribution in [0.25, 0.3) is 0 Å². The first kappa shape index (κ1) is 14.8. The van der Waals surface area contributed by atoms with E-state index < -0.39 is 15.6 Å². The normalized spacial score (nSPS) is 14.8. The van der Waals surface area contributed by atoms with Crippen LogP contribution in [0, 0.1) is 0 Å². The molecule has 0 radical (unpaired) electrons. The number of nitrogens with zero attached hydrogens (tertiary/aromatic N) is 1. The Morgan fingerprint density at radius 3 is 2.64 bits per heavy atom. The van der Waals surface area contributed by atoms with E-state index in [0.29, 0.717) is 11.3 Å². The molecule has 0 bridgehead atoms. The zero-order valence-electron chi connectivity index (χ0n) is 12.2. The molecule has 0 amide bonds. The topological polar surface area (TPSA) is 86.5 Å². The molecular formula is C15H15NO5S. The maximum absolute atomic E-state index is 12.8. The summed E-state index contributed by atoms with van der Waals surface area (Å²) in [5.41, 5.74) is 0.396. The predicted molar refractivity (Wildman–Crippen MR) is 78.0 cm³/mol. The number of rotatable bonds is 5. The van der Waals surface area contributed by atoms with Gasteiger partial charge in [-0.05, 0) is 25.0 Å². The molecule has 1 aliphatic carbocycles. The Balaban J connectivity index is 2.15. The Labute approximate surface area is 128 Å². The minimum Gasteiger partial charge on any atom is -0.495 e. The van der Waals surface area contributed by atoms with Crippen molar-refractivity contribution >= 4 is 15.6 Å². The highest BCUT2D eigenvalue weighted by Gasteiger charge is 2.34. The summed E-state index contributed by atoms with van der Waals surface area (Å²) in [6.45, 7) is 0. The van der Waals surface area contributed by atoms with Crippen LogP contribution in [0.2, 0.25) is 0 Å². The number of hydrogen-bond donors (Lipinski definition) is 0. The van der Waals surface area contributed by atoms with Crippen molar-refractivity contribution in [3.63, 3.8) is 0 Å². The fourth-order valence-corrected chi connectivity index (χ4v) is 3.52. The molecule has 0 N–H and O–H groups in total. The molecule has 1 heterocycles. The van der Waals surface area contributed by atoms with Gasteiger partial charge in [0.15, 0.2) is 21.4 Å². The first-order valence-corrected chi connectivity index (χ1v) is 8.69. The van der Waals surface area contributed by atoms with E-state index in [4.69, 9.17) is 9.26 Å². The number of carbonyl (C=O) groups excluding carboxylic acids is 1. The van der Waals surface area contributed by atoms with Crippen LogP contribution in [0.15, 0.2) is 33.8 Å². The summed E-state index contributed by atoms with van der Waals surface area (Å²) < 4.78 is 34.4. The lowest BCUT2D eigenvalue weighted by atomic mass is 10.0. The molecule has 22 heavy (non-hydrogen) atoms. The van der Waals surface area contributed by atoms with Gasteiger partial charge in [-0.15, -0.1) is 0 Å². The minimum atomic E-state index is -3.63. The standard InChI is InChI=1S/C15H15NO5S/c1-20-12-5-3-4-10(15(12)22(2,18)19)13(17)11-8-16-21-14(11)9-6-7-9/h3-5,8-9H,6-7H2,1-2H3. The van der Waals surface area contributed by atoms with Crippen molar-refractivity contribution in [3.05, 3.63) is 41.3 Å². The fraction of sp³-hybridized carbons (Fsp3) is 0.333. The molecule has 116 valence electrons. The van der Waals surface area contributed by atoms with Crippen LogP contribution >= 0.6 is 0 Å². The summed E-state index contributed by atoms with van der Waals surface area (Å²) >= 11 is 0. The quantitative estimate of drug-likeness (QED) is 0.785. The summed E-state index contributed by atoms with van der Waals surface area (Å²) in [7, 11) is -2.26. The zero-order chi connectivity index (χ0) is 15.9. The Bertz CT molecular complexity index is 833. The summed E-state index contributed by atoms with van der Waals surface area (Å²) in [6, 6.07) is 4.58. The molecule has 6 nitrogen and oxygen atoms in total. The number of sulfone groups is 1. The minimum absolute atomic E-state index is 0.0759. The molecule has 0 spiro atoms. The Morgan fingerprint density at radius 1 is 1.32 bits per heavy atom. The van der Waals surface area contributed by atoms with Gasteiger partial charge in [-0.2, -0.15) is 0 Å². The fourth-order valence-electron chi connectivity index (χ4n) is 2.44. The molecule has 2 aromatic rings. The zero-order valence-corrected chi connectivity index (χ0v) is 13.0. The Kier molecular flexibility index (Phi) is 3.52. The van der Waals surface area contributed by atoms with Gasteiger partial charge in [0.2, 0.25) is 0 Å². The van der Waals surface area contributed by atoms with E-state index in [1.54, 1.807) is 6.07 Å². The predicted octanol–water partition coefficient (Wildman–Crippen LogP) is 2.20. The van der Waals surface area contributed by atoms with Crippen molar-refractivity contribution in [3.8, 4) is 5.75 Å². The number of benzene rings is 1. The lowest BCUT2D eigenvalue weighted by molar-refractivity contribution is 0.103. The maximum atomic E-state index is 12.8. The van der Waals surface area contributed by atoms with E-state index in [1.807, 2.05) is 0 Å². The summed E-state index contributed by atoms with van der Waals surface area (Å²) in [5, 5.41) is 3.69. The van der Waals surface area contributed by atoms with E-state index in [9.17, 15) is 13.2 Å². The van der Waals surface area contributed by atoms with Crippen molar-refractivity contribution in [2.75, 3.05) is 13.4 Å². The summed E-state index contributed by atoms with van der Waals surface area (Å²) in [4.78, 5) is 12.7. The number of ketones is 1. The van der Waals surface area contributed by atoms with Crippen molar-refractivity contribution in [2.45, 2.75) is 23.7 Å². The Hall–Kier alpha value is -2.15. The second-order valence-corrected chi connectivity index (χ2v) is 7.27. The van der Waals surface area contributed by atoms with Crippen LogP contribution in [0.3, 0.4) is 0 Å². The molecule has 1 aliphatic rings. The monoisotopic (exact) mass is 321 g/mol. The molecule has 3 rings (SSSR count). The molecule has 0 atom stereocenters. The van der Waals surface area contributed by atoms with E-state index in [2.05, 4.69) is 5.16 Å². The van der Waals surface area contributed by atoms with Gasteiger partial charge >= 0.3 is 0 Å². The molecule has 7 heteroatoms. The molecule has 0 unspecified atom stereocenters. The lowest BCUT2D eigenvalue weighted by Crippen LogP contribution is -2.11. The largest absolute Gasteiger partial charge is 0.495 e. The second-order valence-electron chi connectivity index (χ2n) is 5.32. The number of hydrogen-bond acceptors (Lipinski definition) is 6. The highest BCUT2D eigenvalue weighted by Crippen LogP contribution is 2.42. The summed E-state index contributed by atoms with van der Waals surface area (Å²) in [6.07, 6.45) is 4.30. The number of methoxy groups -OCH3 is 1. The average molecular weight is 321 g/mol. The van der Waals surface area contributed by atoms with Gasteiger partial charge < -0.3 is 9.26 Å². The molecule has 1 fully saturated rings. The molecule has 0 aliphatic heterocycles. The van der Waals surface area contributed by atoms with Crippen LogP contribution in [-0.4, -0.2) is 32.7 Å². The first-order chi connectivity index (χ1) is 10.4. The number of carbonyl (C=O) groups is 1. The third kappa shape index (κ3) is 2.52. The van der Waals surface area contributed by atoms with Gasteiger partial charge in [0.25, 0.3) is 0 Å². The highest BCUT2D eigenvalue weighted by molar-refractivity contribution is 7.90. The summed E-state index contributed by atoms with van der Waals surface area (Å²) in [5.74, 6) is 0.473. The van der Waals surface area contributed by atoms with E-state index in [-0.39, 0.29) is 22.1 Å². The number of aromatic nitrogens is 1. The average Bonchev–Trinajstić information content (AvgIpc) is 3.22. The maximum Gasteiger partial charge on any atom is 0.199 e. The van der Waals surface area contributed by atoms with Crippen LogP contribution < -0.4 is 4.74 Å². The number of ether oxygens (including phenoxy) is 1. The van der Waals surface area contributed by atoms with Crippen molar-refractivity contribution in [2.24, 2.45) is 0 Å². The Morgan fingerprint density at radius 2 is 2.05 bits per heavy atom. The van der Waals surface area contributed by atoms with Crippen LogP contribution in [0.1, 0.15) is 40.4 Å². The molecule has 0 saturated heterocycles. The van der Waals surface area contributed by atoms with E-state index in [1.165, 1.54) is 25.4 Å². The van der Waals surface area contributed by atoms with Crippen molar-refractivity contribution in [1.29, 1.82) is 0 Å². The SMILES string of the molecule is COc1cccc(C(=O)c2cnoc2C2CC2)c1S(C)(=O)=O. The van der Waals surface area contributed by atoms with Gasteiger partial charge in [-0.1, -0.05) is 11.2 Å². The lowest BCUT2D eigenvalue weighted by Gasteiger charge is -2.11. The van der Waals surface area contributed by atoms with Gasteiger partial charge in [-0.3, -0.25) is 4.79 Å². The molecule has 1 aromatic carbocycles. The molecular weight excluding hydrogens is 306 g/mol. The first-order valence-electron chi connectivity index (χ1n) is 6.79. The van der Waals surface area contributed by atoms with Crippen molar-refractivity contribution < 1.29 is 22.5 Å². The van der Waals surface area contributed by atoms with Crippen molar-refractivity contribution in [1.82, 2.24) is 5.16 Å². The molecule has 1 saturated carbocycles. The third-order valence-corrected chi connectivity index (χ3v) is 4.77. The van der Waals surface area contributed by atoms with Crippen LogP contribution in [-0.2, 0) is 9.84 Å². The smallest absolute Gasteiger partial charge is 0.199 e. The van der Waals surface area contributed by atoms with Gasteiger partial charge in [-0.25, -0.2) is 8.42 Å². The van der Waals surface area contributed by atoms with Gasteiger partial charge in [0.1, 0.15) is 10.6 Å². The second kappa shape index (κ2) is 5.24.